The number of aromatic nitrogens is 1. The number of hydrogen-bond acceptors (Lipinski definition) is 3. The number of benzene rings is 3. The van der Waals surface area contributed by atoms with Gasteiger partial charge in [-0.1, -0.05) is 54.1 Å². The van der Waals surface area contributed by atoms with Crippen LogP contribution in [0.5, 0.6) is 0 Å². The van der Waals surface area contributed by atoms with Crippen LogP contribution in [0.15, 0.2) is 79.0 Å². The molecule has 0 unspecified atom stereocenters. The zero-order valence-corrected chi connectivity index (χ0v) is 18.7. The average molecular weight is 422 g/mol. The second-order valence-electron chi connectivity index (χ2n) is 8.69. The Kier molecular flexibility index (Phi) is 5.14. The summed E-state index contributed by atoms with van der Waals surface area (Å²) in [6, 6.07) is 25.4. The van der Waals surface area contributed by atoms with Crippen molar-refractivity contribution >= 4 is 28.2 Å². The Hall–Kier alpha value is -3.66. The van der Waals surface area contributed by atoms with Gasteiger partial charge in [-0.15, -0.1) is 0 Å². The SMILES string of the molecule is CC(=O)N1c2ccc(-c3cccc(C)c3)cc2[C@H](Nc2cccc3cccnc23)C[C@@H]1C. The van der Waals surface area contributed by atoms with E-state index >= 15 is 0 Å². The number of fused-ring (bicyclic) bond motifs is 2. The number of hydrogen-bond donors (Lipinski definition) is 1. The molecule has 4 aromatic rings. The van der Waals surface area contributed by atoms with Crippen molar-refractivity contribution in [1.82, 2.24) is 4.98 Å². The Labute approximate surface area is 188 Å². The molecule has 3 aromatic carbocycles. The Morgan fingerprint density at radius 2 is 1.78 bits per heavy atom. The molecule has 1 aliphatic heterocycles. The van der Waals surface area contributed by atoms with E-state index in [0.29, 0.717) is 0 Å². The molecule has 0 saturated heterocycles. The van der Waals surface area contributed by atoms with Gasteiger partial charge in [-0.05, 0) is 61.2 Å². The first-order valence-electron chi connectivity index (χ1n) is 11.1. The number of rotatable bonds is 3. The fourth-order valence-electron chi connectivity index (χ4n) is 4.89. The predicted octanol–water partition coefficient (Wildman–Crippen LogP) is 6.51. The summed E-state index contributed by atoms with van der Waals surface area (Å²) in [6.07, 6.45) is 2.66. The van der Waals surface area contributed by atoms with Gasteiger partial charge in [-0.3, -0.25) is 9.78 Å². The quantitative estimate of drug-likeness (QED) is 0.410. The molecule has 0 aliphatic carbocycles. The van der Waals surface area contributed by atoms with E-state index in [9.17, 15) is 4.79 Å². The summed E-state index contributed by atoms with van der Waals surface area (Å²) in [7, 11) is 0. The smallest absolute Gasteiger partial charge is 0.224 e. The highest BCUT2D eigenvalue weighted by molar-refractivity contribution is 5.95. The molecule has 1 N–H and O–H groups in total. The van der Waals surface area contributed by atoms with Gasteiger partial charge < -0.3 is 10.2 Å². The molecule has 2 atom stereocenters. The molecule has 4 nitrogen and oxygen atoms in total. The maximum atomic E-state index is 12.5. The molecule has 4 heteroatoms. The van der Waals surface area contributed by atoms with Gasteiger partial charge in [0.05, 0.1) is 17.2 Å². The first kappa shape index (κ1) is 20.3. The zero-order chi connectivity index (χ0) is 22.2. The molecule has 5 rings (SSSR count). The third-order valence-electron chi connectivity index (χ3n) is 6.33. The molecule has 0 saturated carbocycles. The number of carbonyl (C=O) groups is 1. The van der Waals surface area contributed by atoms with E-state index in [1.807, 2.05) is 17.2 Å². The first-order valence-corrected chi connectivity index (χ1v) is 11.1. The lowest BCUT2D eigenvalue weighted by Gasteiger charge is -2.40. The minimum Gasteiger partial charge on any atom is -0.376 e. The third kappa shape index (κ3) is 3.62. The van der Waals surface area contributed by atoms with Crippen molar-refractivity contribution in [1.29, 1.82) is 0 Å². The van der Waals surface area contributed by atoms with Crippen LogP contribution in [-0.4, -0.2) is 16.9 Å². The highest BCUT2D eigenvalue weighted by atomic mass is 16.2. The van der Waals surface area contributed by atoms with E-state index in [-0.39, 0.29) is 18.0 Å². The van der Waals surface area contributed by atoms with Crippen molar-refractivity contribution in [3.63, 3.8) is 0 Å². The van der Waals surface area contributed by atoms with Crippen molar-refractivity contribution in [2.24, 2.45) is 0 Å². The highest BCUT2D eigenvalue weighted by Gasteiger charge is 2.33. The number of nitrogens with zero attached hydrogens (tertiary/aromatic N) is 2. The minimum absolute atomic E-state index is 0.0762. The Balaban J connectivity index is 1.62. The summed E-state index contributed by atoms with van der Waals surface area (Å²) >= 11 is 0. The summed E-state index contributed by atoms with van der Waals surface area (Å²) in [6.45, 7) is 5.88. The topological polar surface area (TPSA) is 45.2 Å². The van der Waals surface area contributed by atoms with Crippen molar-refractivity contribution in [3.05, 3.63) is 90.1 Å². The number of aryl methyl sites for hydroxylation is 1. The summed E-state index contributed by atoms with van der Waals surface area (Å²) in [4.78, 5) is 19.0. The van der Waals surface area contributed by atoms with Crippen LogP contribution in [0.4, 0.5) is 11.4 Å². The van der Waals surface area contributed by atoms with Crippen LogP contribution in [0, 0.1) is 6.92 Å². The molecular weight excluding hydrogens is 394 g/mol. The van der Waals surface area contributed by atoms with E-state index < -0.39 is 0 Å². The number of anilines is 2. The normalized spacial score (nSPS) is 17.8. The third-order valence-corrected chi connectivity index (χ3v) is 6.33. The lowest BCUT2D eigenvalue weighted by Crippen LogP contribution is -2.43. The summed E-state index contributed by atoms with van der Waals surface area (Å²) < 4.78 is 0. The molecule has 0 spiro atoms. The van der Waals surface area contributed by atoms with Gasteiger partial charge >= 0.3 is 0 Å². The standard InChI is InChI=1S/C28H27N3O/c1-18-7-4-9-22(15-18)23-12-13-27-24(17-23)26(16-19(2)31(27)20(3)32)30-25-11-5-8-21-10-6-14-29-28(21)25/h4-15,17,19,26,30H,16H2,1-3H3/t19-,26+/m0/s1. The summed E-state index contributed by atoms with van der Waals surface area (Å²) in [5, 5.41) is 4.87. The first-order chi connectivity index (χ1) is 15.5. The van der Waals surface area contributed by atoms with Crippen molar-refractivity contribution in [3.8, 4) is 11.1 Å². The van der Waals surface area contributed by atoms with Crippen LogP contribution in [-0.2, 0) is 4.79 Å². The predicted molar refractivity (Wildman–Crippen MR) is 132 cm³/mol. The molecule has 160 valence electrons. The van der Waals surface area contributed by atoms with Gasteiger partial charge in [-0.2, -0.15) is 0 Å². The van der Waals surface area contributed by atoms with Crippen molar-refractivity contribution in [2.45, 2.75) is 39.3 Å². The molecule has 32 heavy (non-hydrogen) atoms. The molecular formula is C28H27N3O. The molecule has 2 heterocycles. The van der Waals surface area contributed by atoms with Gasteiger partial charge in [0.2, 0.25) is 5.91 Å². The lowest BCUT2D eigenvalue weighted by molar-refractivity contribution is -0.117. The number of pyridine rings is 1. The van der Waals surface area contributed by atoms with Crippen LogP contribution < -0.4 is 10.2 Å². The van der Waals surface area contributed by atoms with Gasteiger partial charge in [-0.25, -0.2) is 0 Å². The zero-order valence-electron chi connectivity index (χ0n) is 18.7. The van der Waals surface area contributed by atoms with Crippen LogP contribution in [0.25, 0.3) is 22.0 Å². The second-order valence-corrected chi connectivity index (χ2v) is 8.69. The Bertz CT molecular complexity index is 1310. The molecule has 0 bridgehead atoms. The van der Waals surface area contributed by atoms with Crippen molar-refractivity contribution < 1.29 is 4.79 Å². The van der Waals surface area contributed by atoms with Crippen molar-refractivity contribution in [2.75, 3.05) is 10.2 Å². The lowest BCUT2D eigenvalue weighted by atomic mass is 9.88. The largest absolute Gasteiger partial charge is 0.376 e. The number of amides is 1. The van der Waals surface area contributed by atoms with E-state index in [1.54, 1.807) is 6.92 Å². The van der Waals surface area contributed by atoms with Gasteiger partial charge in [0.15, 0.2) is 0 Å². The molecule has 0 fully saturated rings. The van der Waals surface area contributed by atoms with E-state index in [2.05, 4.69) is 90.9 Å². The Morgan fingerprint density at radius 3 is 2.59 bits per heavy atom. The fraction of sp³-hybridized carbons (Fsp3) is 0.214. The van der Waals surface area contributed by atoms with Crippen LogP contribution >= 0.6 is 0 Å². The molecule has 0 radical (unpaired) electrons. The molecule has 1 amide bonds. The number of para-hydroxylation sites is 1. The number of nitrogens with one attached hydrogen (secondary N) is 1. The van der Waals surface area contributed by atoms with E-state index in [4.69, 9.17) is 0 Å². The molecule has 1 aliphatic rings. The summed E-state index contributed by atoms with van der Waals surface area (Å²) in [5.74, 6) is 0.0762. The van der Waals surface area contributed by atoms with E-state index in [1.165, 1.54) is 11.1 Å². The van der Waals surface area contributed by atoms with Gasteiger partial charge in [0.1, 0.15) is 0 Å². The number of carbonyl (C=O) groups excluding carboxylic acids is 1. The average Bonchev–Trinajstić information content (AvgIpc) is 2.79. The molecule has 1 aromatic heterocycles. The van der Waals surface area contributed by atoms with E-state index in [0.717, 1.165) is 39.8 Å². The maximum absolute atomic E-state index is 12.5. The fourth-order valence-corrected chi connectivity index (χ4v) is 4.89. The maximum Gasteiger partial charge on any atom is 0.224 e. The van der Waals surface area contributed by atoms with Crippen LogP contribution in [0.3, 0.4) is 0 Å². The summed E-state index contributed by atoms with van der Waals surface area (Å²) in [5.41, 5.74) is 7.69. The van der Waals surface area contributed by atoms with Gasteiger partial charge in [0.25, 0.3) is 0 Å². The highest BCUT2D eigenvalue weighted by Crippen LogP contribution is 2.41. The van der Waals surface area contributed by atoms with Gasteiger partial charge in [0, 0.05) is 30.2 Å². The van der Waals surface area contributed by atoms with Crippen LogP contribution in [0.1, 0.15) is 37.4 Å². The minimum atomic E-state index is 0.0762. The monoisotopic (exact) mass is 421 g/mol. The van der Waals surface area contributed by atoms with Crippen LogP contribution in [0.2, 0.25) is 0 Å². The second kappa shape index (κ2) is 8.12. The Morgan fingerprint density at radius 1 is 1.00 bits per heavy atom.